The average molecular weight is 251 g/mol. The molecule has 16 heavy (non-hydrogen) atoms. The predicted octanol–water partition coefficient (Wildman–Crippen LogP) is 1.96. The SMILES string of the molecule is NS(=O)(=O)/C=C/c1ccc(C(F)(F)F)cc1. The topological polar surface area (TPSA) is 60.2 Å². The molecule has 1 aromatic rings. The van der Waals surface area contributed by atoms with Gasteiger partial charge in [0, 0.05) is 5.41 Å². The van der Waals surface area contributed by atoms with Crippen LogP contribution in [0.25, 0.3) is 6.08 Å². The zero-order valence-electron chi connectivity index (χ0n) is 7.90. The van der Waals surface area contributed by atoms with Crippen molar-refractivity contribution >= 4 is 16.1 Å². The number of primary sulfonamides is 1. The Morgan fingerprint density at radius 2 is 1.62 bits per heavy atom. The van der Waals surface area contributed by atoms with E-state index < -0.39 is 21.8 Å². The smallest absolute Gasteiger partial charge is 0.225 e. The average Bonchev–Trinajstić information content (AvgIpc) is 2.13. The molecule has 0 radical (unpaired) electrons. The fraction of sp³-hybridized carbons (Fsp3) is 0.111. The molecule has 0 saturated heterocycles. The number of rotatable bonds is 2. The molecule has 0 aliphatic rings. The van der Waals surface area contributed by atoms with E-state index in [0.717, 1.165) is 35.7 Å². The second kappa shape index (κ2) is 4.26. The highest BCUT2D eigenvalue weighted by atomic mass is 32.2. The fourth-order valence-electron chi connectivity index (χ4n) is 0.957. The van der Waals surface area contributed by atoms with Gasteiger partial charge in [0.05, 0.1) is 5.56 Å². The van der Waals surface area contributed by atoms with Crippen LogP contribution in [-0.4, -0.2) is 8.42 Å². The van der Waals surface area contributed by atoms with E-state index >= 15 is 0 Å². The summed E-state index contributed by atoms with van der Waals surface area (Å²) in [6.45, 7) is 0. The Morgan fingerprint density at radius 1 is 1.12 bits per heavy atom. The summed E-state index contributed by atoms with van der Waals surface area (Å²) in [6, 6.07) is 4.04. The molecular formula is C9H8F3NO2S. The van der Waals surface area contributed by atoms with Gasteiger partial charge in [0.25, 0.3) is 0 Å². The van der Waals surface area contributed by atoms with Gasteiger partial charge < -0.3 is 0 Å². The first kappa shape index (κ1) is 12.7. The quantitative estimate of drug-likeness (QED) is 0.873. The molecule has 88 valence electrons. The molecule has 3 nitrogen and oxygen atoms in total. The third-order valence-corrected chi connectivity index (χ3v) is 2.20. The maximum atomic E-state index is 12.2. The molecule has 0 aliphatic heterocycles. The molecule has 0 aliphatic carbocycles. The Labute approximate surface area is 90.4 Å². The summed E-state index contributed by atoms with van der Waals surface area (Å²) in [7, 11) is -3.76. The summed E-state index contributed by atoms with van der Waals surface area (Å²) in [5.74, 6) is 0. The Balaban J connectivity index is 2.93. The maximum absolute atomic E-state index is 12.2. The summed E-state index contributed by atoms with van der Waals surface area (Å²) in [5.41, 5.74) is -0.470. The Morgan fingerprint density at radius 3 is 2.00 bits per heavy atom. The molecule has 0 unspecified atom stereocenters. The first-order valence-corrected chi connectivity index (χ1v) is 5.67. The van der Waals surface area contributed by atoms with Crippen LogP contribution in [0.15, 0.2) is 29.7 Å². The number of hydrogen-bond donors (Lipinski definition) is 1. The minimum atomic E-state index is -4.40. The van der Waals surface area contributed by atoms with Crippen LogP contribution in [0.4, 0.5) is 13.2 Å². The van der Waals surface area contributed by atoms with Gasteiger partial charge in [-0.3, -0.25) is 0 Å². The van der Waals surface area contributed by atoms with Crippen LogP contribution in [0, 0.1) is 0 Å². The van der Waals surface area contributed by atoms with Crippen molar-refractivity contribution in [2.45, 2.75) is 6.18 Å². The monoisotopic (exact) mass is 251 g/mol. The summed E-state index contributed by atoms with van der Waals surface area (Å²) < 4.78 is 57.6. The van der Waals surface area contributed by atoms with Crippen molar-refractivity contribution in [3.63, 3.8) is 0 Å². The lowest BCUT2D eigenvalue weighted by molar-refractivity contribution is -0.137. The fourth-order valence-corrected chi connectivity index (χ4v) is 1.30. The highest BCUT2D eigenvalue weighted by Crippen LogP contribution is 2.29. The molecular weight excluding hydrogens is 243 g/mol. The van der Waals surface area contributed by atoms with Crippen LogP contribution in [0.1, 0.15) is 11.1 Å². The molecule has 7 heteroatoms. The maximum Gasteiger partial charge on any atom is 0.416 e. The third kappa shape index (κ3) is 4.03. The lowest BCUT2D eigenvalue weighted by Gasteiger charge is -2.05. The van der Waals surface area contributed by atoms with E-state index in [2.05, 4.69) is 5.14 Å². The summed E-state index contributed by atoms with van der Waals surface area (Å²) >= 11 is 0. The minimum Gasteiger partial charge on any atom is -0.225 e. The Kier molecular flexibility index (Phi) is 3.39. The van der Waals surface area contributed by atoms with Gasteiger partial charge in [0.1, 0.15) is 0 Å². The van der Waals surface area contributed by atoms with Crippen molar-refractivity contribution < 1.29 is 21.6 Å². The molecule has 1 aromatic carbocycles. The second-order valence-corrected chi connectivity index (χ2v) is 4.46. The van der Waals surface area contributed by atoms with Crippen LogP contribution in [0.5, 0.6) is 0 Å². The summed E-state index contributed by atoms with van der Waals surface area (Å²) in [6.07, 6.45) is -3.28. The number of nitrogens with two attached hydrogens (primary N) is 1. The summed E-state index contributed by atoms with van der Waals surface area (Å²) in [5, 5.41) is 5.41. The predicted molar refractivity (Wildman–Crippen MR) is 53.6 cm³/mol. The van der Waals surface area contributed by atoms with Crippen molar-refractivity contribution in [3.8, 4) is 0 Å². The van der Waals surface area contributed by atoms with Gasteiger partial charge in [0.15, 0.2) is 0 Å². The largest absolute Gasteiger partial charge is 0.416 e. The summed E-state index contributed by atoms with van der Waals surface area (Å²) in [4.78, 5) is 0. The lowest BCUT2D eigenvalue weighted by Crippen LogP contribution is -2.06. The lowest BCUT2D eigenvalue weighted by atomic mass is 10.1. The van der Waals surface area contributed by atoms with Crippen molar-refractivity contribution in [2.24, 2.45) is 5.14 Å². The van der Waals surface area contributed by atoms with Crippen molar-refractivity contribution in [1.82, 2.24) is 0 Å². The molecule has 0 amide bonds. The van der Waals surface area contributed by atoms with Gasteiger partial charge in [0.2, 0.25) is 10.0 Å². The number of alkyl halides is 3. The standard InChI is InChI=1S/C9H8F3NO2S/c10-9(11,12)8-3-1-7(2-4-8)5-6-16(13,14)15/h1-6H,(H2,13,14,15)/b6-5+. The minimum absolute atomic E-state index is 0.321. The number of halogens is 3. The molecule has 0 heterocycles. The van der Waals surface area contributed by atoms with Crippen LogP contribution in [0.2, 0.25) is 0 Å². The van der Waals surface area contributed by atoms with Gasteiger partial charge in [-0.05, 0) is 23.8 Å². The van der Waals surface area contributed by atoms with Gasteiger partial charge in [-0.2, -0.15) is 13.2 Å². The van der Waals surface area contributed by atoms with Crippen LogP contribution in [-0.2, 0) is 16.2 Å². The van der Waals surface area contributed by atoms with Crippen LogP contribution < -0.4 is 5.14 Å². The van der Waals surface area contributed by atoms with E-state index in [1.807, 2.05) is 0 Å². The third-order valence-electron chi connectivity index (χ3n) is 1.69. The van der Waals surface area contributed by atoms with E-state index in [4.69, 9.17) is 0 Å². The van der Waals surface area contributed by atoms with E-state index in [1.165, 1.54) is 0 Å². The first-order valence-electron chi connectivity index (χ1n) is 4.07. The van der Waals surface area contributed by atoms with E-state index in [0.29, 0.717) is 5.56 Å². The zero-order valence-corrected chi connectivity index (χ0v) is 8.72. The Bertz CT molecular complexity index is 488. The van der Waals surface area contributed by atoms with Gasteiger partial charge in [-0.15, -0.1) is 0 Å². The van der Waals surface area contributed by atoms with Crippen molar-refractivity contribution in [2.75, 3.05) is 0 Å². The van der Waals surface area contributed by atoms with Crippen LogP contribution in [0.3, 0.4) is 0 Å². The molecule has 0 aromatic heterocycles. The molecule has 0 bridgehead atoms. The van der Waals surface area contributed by atoms with Gasteiger partial charge in [-0.1, -0.05) is 12.1 Å². The second-order valence-electron chi connectivity index (χ2n) is 3.01. The molecule has 0 fully saturated rings. The van der Waals surface area contributed by atoms with Crippen LogP contribution >= 0.6 is 0 Å². The molecule has 2 N–H and O–H groups in total. The van der Waals surface area contributed by atoms with Crippen molar-refractivity contribution in [1.29, 1.82) is 0 Å². The molecule has 0 spiro atoms. The molecule has 0 atom stereocenters. The van der Waals surface area contributed by atoms with Crippen molar-refractivity contribution in [3.05, 3.63) is 40.8 Å². The highest BCUT2D eigenvalue weighted by molar-refractivity contribution is 7.92. The normalized spacial score (nSPS) is 13.2. The van der Waals surface area contributed by atoms with E-state index in [9.17, 15) is 21.6 Å². The zero-order chi connectivity index (χ0) is 12.4. The molecule has 1 rings (SSSR count). The Hall–Kier alpha value is -1.34. The van der Waals surface area contributed by atoms with Gasteiger partial charge >= 0.3 is 6.18 Å². The first-order chi connectivity index (χ1) is 7.18. The van der Waals surface area contributed by atoms with E-state index in [-0.39, 0.29) is 0 Å². The highest BCUT2D eigenvalue weighted by Gasteiger charge is 2.29. The van der Waals surface area contributed by atoms with Gasteiger partial charge in [-0.25, -0.2) is 13.6 Å². The molecule has 0 saturated carbocycles. The number of benzene rings is 1. The number of sulfonamides is 1. The number of hydrogen-bond acceptors (Lipinski definition) is 2. The van der Waals surface area contributed by atoms with E-state index in [1.54, 1.807) is 0 Å².